The third-order valence-electron chi connectivity index (χ3n) is 14.2. The zero-order chi connectivity index (χ0) is 32.1. The van der Waals surface area contributed by atoms with Crippen molar-refractivity contribution in [3.8, 4) is 0 Å². The molecule has 0 bridgehead atoms. The molecule has 0 saturated heterocycles. The van der Waals surface area contributed by atoms with Crippen molar-refractivity contribution in [2.45, 2.75) is 196 Å². The van der Waals surface area contributed by atoms with Crippen LogP contribution in [0.2, 0.25) is 0 Å². The molecule has 4 aliphatic rings. The highest BCUT2D eigenvalue weighted by atomic mass is 14.6. The van der Waals surface area contributed by atoms with Crippen molar-refractivity contribution in [2.75, 3.05) is 0 Å². The molecule has 1 unspecified atom stereocenters. The number of rotatable bonds is 20. The summed E-state index contributed by atoms with van der Waals surface area (Å²) in [4.78, 5) is 0. The Labute approximate surface area is 283 Å². The smallest absolute Gasteiger partial charge is 0.00851 e. The minimum absolute atomic E-state index is 0.529. The van der Waals surface area contributed by atoms with Gasteiger partial charge in [0.15, 0.2) is 0 Å². The van der Waals surface area contributed by atoms with Crippen LogP contribution in [0.15, 0.2) is 36.0 Å². The average Bonchev–Trinajstić information content (AvgIpc) is 3.38. The van der Waals surface area contributed by atoms with Crippen molar-refractivity contribution in [1.82, 2.24) is 0 Å². The Morgan fingerprint density at radius 3 is 2.18 bits per heavy atom. The molecule has 0 nitrogen and oxygen atoms in total. The fourth-order valence-corrected chi connectivity index (χ4v) is 11.4. The summed E-state index contributed by atoms with van der Waals surface area (Å²) < 4.78 is 0. The monoisotopic (exact) mass is 619 g/mol. The average molecular weight is 619 g/mol. The maximum absolute atomic E-state index is 2.83. The van der Waals surface area contributed by atoms with Gasteiger partial charge in [-0.1, -0.05) is 148 Å². The minimum Gasteiger partial charge on any atom is -0.0882 e. The van der Waals surface area contributed by atoms with Crippen LogP contribution in [0.5, 0.6) is 0 Å². The molecular weight excluding hydrogens is 540 g/mol. The van der Waals surface area contributed by atoms with Crippen LogP contribution in [0.25, 0.3) is 0 Å². The number of allylic oxidation sites excluding steroid dienone is 6. The predicted molar refractivity (Wildman–Crippen MR) is 201 cm³/mol. The van der Waals surface area contributed by atoms with Gasteiger partial charge in [0.25, 0.3) is 0 Å². The third-order valence-corrected chi connectivity index (χ3v) is 14.2. The highest BCUT2D eigenvalue weighted by Crippen LogP contribution is 2.67. The molecule has 0 aromatic heterocycles. The van der Waals surface area contributed by atoms with E-state index in [0.29, 0.717) is 10.8 Å². The van der Waals surface area contributed by atoms with Gasteiger partial charge in [-0.2, -0.15) is 0 Å². The Hall–Kier alpha value is -0.780. The summed E-state index contributed by atoms with van der Waals surface area (Å²) >= 11 is 0. The van der Waals surface area contributed by atoms with Gasteiger partial charge in [0.1, 0.15) is 0 Å². The fraction of sp³-hybridized carbons (Fsp3) is 0.867. The maximum atomic E-state index is 2.83. The molecule has 0 aliphatic heterocycles. The van der Waals surface area contributed by atoms with Gasteiger partial charge in [-0.3, -0.25) is 0 Å². The molecule has 0 aromatic carbocycles. The molecule has 0 heteroatoms. The second kappa shape index (κ2) is 18.7. The summed E-state index contributed by atoms with van der Waals surface area (Å²) in [5.41, 5.74) is 3.07. The zero-order valence-electron chi connectivity index (χ0n) is 31.4. The first-order valence-electron chi connectivity index (χ1n) is 20.8. The van der Waals surface area contributed by atoms with Crippen molar-refractivity contribution in [2.24, 2.45) is 52.3 Å². The number of hydrogen-bond acceptors (Lipinski definition) is 0. The van der Waals surface area contributed by atoms with Crippen molar-refractivity contribution >= 4 is 0 Å². The molecule has 0 radical (unpaired) electrons. The van der Waals surface area contributed by atoms with E-state index in [9.17, 15) is 0 Å². The highest BCUT2D eigenvalue weighted by Gasteiger charge is 2.59. The van der Waals surface area contributed by atoms with Crippen LogP contribution < -0.4 is 0 Å². The zero-order valence-corrected chi connectivity index (χ0v) is 31.4. The number of unbranched alkanes of at least 4 members (excludes halogenated alkanes) is 9. The molecule has 45 heavy (non-hydrogen) atoms. The Balaban J connectivity index is 1.12. The Bertz CT molecular complexity index is 918. The van der Waals surface area contributed by atoms with Gasteiger partial charge in [0.05, 0.1) is 0 Å². The first kappa shape index (κ1) is 37.0. The summed E-state index contributed by atoms with van der Waals surface area (Å²) in [5, 5.41) is 0. The van der Waals surface area contributed by atoms with Gasteiger partial charge in [0.2, 0.25) is 0 Å². The van der Waals surface area contributed by atoms with E-state index >= 15 is 0 Å². The van der Waals surface area contributed by atoms with Crippen LogP contribution in [0, 0.1) is 52.3 Å². The van der Waals surface area contributed by atoms with Gasteiger partial charge in [0, 0.05) is 0 Å². The minimum atomic E-state index is 0.529. The lowest BCUT2D eigenvalue weighted by Crippen LogP contribution is -2.50. The molecule has 0 spiro atoms. The summed E-state index contributed by atoms with van der Waals surface area (Å²) in [6, 6.07) is 0. The van der Waals surface area contributed by atoms with Gasteiger partial charge in [-0.15, -0.1) is 0 Å². The number of fused-ring (bicyclic) bond motifs is 5. The van der Waals surface area contributed by atoms with Crippen LogP contribution >= 0.6 is 0 Å². The van der Waals surface area contributed by atoms with Crippen molar-refractivity contribution in [1.29, 1.82) is 0 Å². The van der Waals surface area contributed by atoms with E-state index in [4.69, 9.17) is 0 Å². The van der Waals surface area contributed by atoms with E-state index in [-0.39, 0.29) is 0 Å². The van der Waals surface area contributed by atoms with Crippen molar-refractivity contribution < 1.29 is 0 Å². The molecule has 0 aromatic rings. The number of hydrogen-bond donors (Lipinski definition) is 0. The SMILES string of the molecule is CCCCCC=CCC=CCCCCCCCCC1CC[C@@]2(C)C(=CC[C@H]3[C@@H]4CC[C@H]([C@H](C)CCCC(C)C)[C@@]4(C)CC[C@@H]32)C1. The van der Waals surface area contributed by atoms with Crippen molar-refractivity contribution in [3.05, 3.63) is 36.0 Å². The molecule has 0 heterocycles. The molecule has 0 N–H and O–H groups in total. The Morgan fingerprint density at radius 1 is 0.733 bits per heavy atom. The molecule has 0 amide bonds. The first-order chi connectivity index (χ1) is 21.8. The van der Waals surface area contributed by atoms with Crippen molar-refractivity contribution in [3.63, 3.8) is 0 Å². The van der Waals surface area contributed by atoms with E-state index in [1.54, 1.807) is 0 Å². The lowest BCUT2D eigenvalue weighted by molar-refractivity contribution is -0.0529. The van der Waals surface area contributed by atoms with Crippen LogP contribution in [-0.2, 0) is 0 Å². The quantitative estimate of drug-likeness (QED) is 0.0940. The molecule has 4 rings (SSSR count). The molecule has 3 saturated carbocycles. The van der Waals surface area contributed by atoms with Gasteiger partial charge in [-0.05, 0) is 136 Å². The molecule has 8 atom stereocenters. The maximum Gasteiger partial charge on any atom is -0.00851 e. The van der Waals surface area contributed by atoms with Gasteiger partial charge >= 0.3 is 0 Å². The van der Waals surface area contributed by atoms with Gasteiger partial charge in [-0.25, -0.2) is 0 Å². The normalized spacial score (nSPS) is 33.8. The lowest BCUT2D eigenvalue weighted by Gasteiger charge is -2.58. The summed E-state index contributed by atoms with van der Waals surface area (Å²) in [6.45, 7) is 15.2. The topological polar surface area (TPSA) is 0 Å². The van der Waals surface area contributed by atoms with Crippen LogP contribution in [-0.4, -0.2) is 0 Å². The van der Waals surface area contributed by atoms with E-state index in [1.165, 1.54) is 148 Å². The van der Waals surface area contributed by atoms with Gasteiger partial charge < -0.3 is 0 Å². The molecular formula is C45H78. The molecule has 3 fully saturated rings. The Kier molecular flexibility index (Phi) is 15.4. The second-order valence-electron chi connectivity index (χ2n) is 17.8. The van der Waals surface area contributed by atoms with E-state index < -0.39 is 0 Å². The standard InChI is InChI=1S/C45H78/c1-7-8-9-10-11-12-13-14-15-16-17-18-19-20-21-22-26-38-31-33-44(5)39(35-38)27-28-40-42-30-29-41(37(4)25-23-24-36(2)3)45(42,6)34-32-43(40)44/h11-12,14-15,27,36-38,40-43H,7-10,13,16-26,28-35H2,1-6H3/t37-,38?,40+,41-,42+,43+,44+,45-/m1/s1. The van der Waals surface area contributed by atoms with E-state index in [2.05, 4.69) is 71.9 Å². The van der Waals surface area contributed by atoms with Crippen LogP contribution in [0.3, 0.4) is 0 Å². The van der Waals surface area contributed by atoms with Crippen LogP contribution in [0.1, 0.15) is 196 Å². The third kappa shape index (κ3) is 10.1. The van der Waals surface area contributed by atoms with E-state index in [0.717, 1.165) is 47.8 Å². The van der Waals surface area contributed by atoms with E-state index in [1.807, 2.05) is 5.57 Å². The van der Waals surface area contributed by atoms with Crippen LogP contribution in [0.4, 0.5) is 0 Å². The Morgan fingerprint density at radius 2 is 1.44 bits per heavy atom. The predicted octanol–water partition coefficient (Wildman–Crippen LogP) is 14.8. The summed E-state index contributed by atoms with van der Waals surface area (Å²) in [5.74, 6) is 6.71. The molecule has 258 valence electrons. The lowest BCUT2D eigenvalue weighted by atomic mass is 9.46. The molecule has 4 aliphatic carbocycles. The second-order valence-corrected chi connectivity index (χ2v) is 17.8. The summed E-state index contributed by atoms with van der Waals surface area (Å²) in [7, 11) is 0. The summed E-state index contributed by atoms with van der Waals surface area (Å²) in [6.07, 6.45) is 46.5. The fourth-order valence-electron chi connectivity index (χ4n) is 11.4. The largest absolute Gasteiger partial charge is 0.0882 e. The highest BCUT2D eigenvalue weighted by molar-refractivity contribution is 5.25. The first-order valence-corrected chi connectivity index (χ1v) is 20.8.